The van der Waals surface area contributed by atoms with Gasteiger partial charge in [-0.2, -0.15) is 5.26 Å². The number of carbonyl (C=O) groups excluding carboxylic acids is 3. The monoisotopic (exact) mass is 459 g/mol. The third-order valence-corrected chi connectivity index (χ3v) is 5.52. The molecule has 2 N–H and O–H groups in total. The van der Waals surface area contributed by atoms with E-state index in [0.29, 0.717) is 18.6 Å². The normalized spacial score (nSPS) is 18.1. The van der Waals surface area contributed by atoms with Gasteiger partial charge in [-0.1, -0.05) is 23.2 Å². The van der Waals surface area contributed by atoms with E-state index in [1.54, 1.807) is 30.1 Å². The van der Waals surface area contributed by atoms with Crippen LogP contribution in [0.25, 0.3) is 0 Å². The number of imide groups is 1. The average Bonchev–Trinajstić information content (AvgIpc) is 2.73. The lowest BCUT2D eigenvalue weighted by atomic mass is 10.0. The molecule has 0 aliphatic carbocycles. The molecule has 1 atom stereocenters. The number of aryl methyl sites for hydroxylation is 1. The van der Waals surface area contributed by atoms with Gasteiger partial charge in [-0.25, -0.2) is 10.2 Å². The Morgan fingerprint density at radius 2 is 1.84 bits per heavy atom. The van der Waals surface area contributed by atoms with Crippen molar-refractivity contribution in [2.24, 2.45) is 0 Å². The molecule has 2 heterocycles. The first-order valence-corrected chi connectivity index (χ1v) is 9.91. The maximum absolute atomic E-state index is 11.9. The number of nitrogens with one attached hydrogen (secondary N) is 2. The van der Waals surface area contributed by atoms with Crippen LogP contribution in [0.4, 0.5) is 16.2 Å². The van der Waals surface area contributed by atoms with Crippen molar-refractivity contribution in [3.8, 4) is 17.6 Å². The Hall–Kier alpha value is -3.48. The van der Waals surface area contributed by atoms with Gasteiger partial charge in [-0.15, -0.1) is 0 Å². The van der Waals surface area contributed by atoms with Gasteiger partial charge in [0.2, 0.25) is 11.9 Å². The summed E-state index contributed by atoms with van der Waals surface area (Å²) in [6.45, 7) is 0. The van der Waals surface area contributed by atoms with Gasteiger partial charge in [0.25, 0.3) is 5.91 Å². The molecule has 1 unspecified atom stereocenters. The average molecular weight is 460 g/mol. The first-order chi connectivity index (χ1) is 14.8. The molecule has 2 aromatic carbocycles. The molecule has 158 valence electrons. The maximum Gasteiger partial charge on any atom is 0.340 e. The highest BCUT2D eigenvalue weighted by atomic mass is 35.5. The van der Waals surface area contributed by atoms with Crippen molar-refractivity contribution < 1.29 is 19.1 Å². The number of nitriles is 1. The highest BCUT2D eigenvalue weighted by Crippen LogP contribution is 2.41. The number of fused-ring (bicyclic) bond motifs is 1. The van der Waals surface area contributed by atoms with Crippen molar-refractivity contribution in [3.05, 3.63) is 45.9 Å². The standard InChI is InChI=1S/C20H15Cl2N5O4/c1-26-15-4-3-12(6-10(15)2-5-17(26)28)31-18-13(21)7-11(8-14(18)22)27-16(9-23)19(29)24-20(30)25-27/h3-4,6-8,16H,2,5H2,1H3,(H2,24,25,29,30). The van der Waals surface area contributed by atoms with E-state index in [2.05, 4.69) is 5.43 Å². The molecule has 9 nitrogen and oxygen atoms in total. The van der Waals surface area contributed by atoms with Crippen molar-refractivity contribution >= 4 is 52.4 Å². The summed E-state index contributed by atoms with van der Waals surface area (Å²) >= 11 is 12.7. The highest BCUT2D eigenvalue weighted by molar-refractivity contribution is 6.37. The second kappa shape index (κ2) is 7.98. The Morgan fingerprint density at radius 3 is 2.52 bits per heavy atom. The lowest BCUT2D eigenvalue weighted by molar-refractivity contribution is -0.121. The molecule has 0 aromatic heterocycles. The van der Waals surface area contributed by atoms with Gasteiger partial charge in [0.1, 0.15) is 5.75 Å². The van der Waals surface area contributed by atoms with Gasteiger partial charge >= 0.3 is 6.03 Å². The zero-order chi connectivity index (χ0) is 22.3. The zero-order valence-corrected chi connectivity index (χ0v) is 17.6. The van der Waals surface area contributed by atoms with Crippen LogP contribution in [-0.4, -0.2) is 30.9 Å². The van der Waals surface area contributed by atoms with Crippen LogP contribution in [0.3, 0.4) is 0 Å². The second-order valence-electron chi connectivity index (χ2n) is 6.92. The fourth-order valence-corrected chi connectivity index (χ4v) is 3.98. The molecule has 1 saturated heterocycles. The Kier molecular flexibility index (Phi) is 5.35. The predicted octanol–water partition coefficient (Wildman–Crippen LogP) is 3.15. The number of rotatable bonds is 3. The smallest absolute Gasteiger partial charge is 0.340 e. The zero-order valence-electron chi connectivity index (χ0n) is 16.1. The number of ether oxygens (including phenoxy) is 1. The van der Waals surface area contributed by atoms with Gasteiger partial charge in [0.05, 0.1) is 21.8 Å². The van der Waals surface area contributed by atoms with Crippen LogP contribution in [0, 0.1) is 11.3 Å². The van der Waals surface area contributed by atoms with E-state index >= 15 is 0 Å². The molecular weight excluding hydrogens is 445 g/mol. The van der Waals surface area contributed by atoms with E-state index in [0.717, 1.165) is 16.3 Å². The fourth-order valence-electron chi connectivity index (χ4n) is 3.43. The van der Waals surface area contributed by atoms with E-state index in [1.165, 1.54) is 12.1 Å². The molecule has 4 rings (SSSR count). The Labute approximate surface area is 187 Å². The van der Waals surface area contributed by atoms with Crippen LogP contribution in [-0.2, 0) is 16.0 Å². The van der Waals surface area contributed by atoms with Gasteiger partial charge in [-0.3, -0.25) is 19.9 Å². The number of hydrogen-bond acceptors (Lipinski definition) is 6. The number of hydrogen-bond donors (Lipinski definition) is 2. The summed E-state index contributed by atoms with van der Waals surface area (Å²) in [5, 5.41) is 12.6. The number of benzene rings is 2. The van der Waals surface area contributed by atoms with E-state index in [1.807, 2.05) is 11.4 Å². The van der Waals surface area contributed by atoms with E-state index in [-0.39, 0.29) is 27.4 Å². The number of amides is 4. The van der Waals surface area contributed by atoms with E-state index < -0.39 is 18.0 Å². The Bertz CT molecular complexity index is 1140. The Balaban J connectivity index is 1.63. The van der Waals surface area contributed by atoms with Crippen molar-refractivity contribution in [2.75, 3.05) is 17.0 Å². The number of halogens is 2. The maximum atomic E-state index is 11.9. The number of nitrogens with zero attached hydrogens (tertiary/aromatic N) is 3. The summed E-state index contributed by atoms with van der Waals surface area (Å²) in [4.78, 5) is 37.0. The van der Waals surface area contributed by atoms with Crippen LogP contribution in [0.5, 0.6) is 11.5 Å². The summed E-state index contributed by atoms with van der Waals surface area (Å²) in [6, 6.07) is 7.90. The summed E-state index contributed by atoms with van der Waals surface area (Å²) < 4.78 is 5.89. The molecule has 2 aliphatic rings. The van der Waals surface area contributed by atoms with E-state index in [4.69, 9.17) is 27.9 Å². The van der Waals surface area contributed by atoms with Crippen molar-refractivity contribution in [3.63, 3.8) is 0 Å². The van der Waals surface area contributed by atoms with Gasteiger partial charge in [0, 0.05) is 19.2 Å². The van der Waals surface area contributed by atoms with Gasteiger partial charge in [0.15, 0.2) is 5.75 Å². The van der Waals surface area contributed by atoms with Crippen molar-refractivity contribution in [1.29, 1.82) is 5.26 Å². The van der Waals surface area contributed by atoms with Crippen molar-refractivity contribution in [2.45, 2.75) is 18.9 Å². The number of carbonyl (C=O) groups is 3. The SMILES string of the molecule is CN1C(=O)CCc2cc(Oc3c(Cl)cc(N4NC(=O)NC(=O)C4C#N)cc3Cl)ccc21. The first kappa shape index (κ1) is 20.8. The van der Waals surface area contributed by atoms with Gasteiger partial charge < -0.3 is 9.64 Å². The number of urea groups is 1. The quantitative estimate of drug-likeness (QED) is 0.728. The number of anilines is 2. The molecule has 0 spiro atoms. The molecule has 11 heteroatoms. The highest BCUT2D eigenvalue weighted by Gasteiger charge is 2.34. The summed E-state index contributed by atoms with van der Waals surface area (Å²) in [7, 11) is 1.72. The largest absolute Gasteiger partial charge is 0.454 e. The van der Waals surface area contributed by atoms with Crippen LogP contribution >= 0.6 is 23.2 Å². The molecular formula is C20H15Cl2N5O4. The molecule has 2 aromatic rings. The lowest BCUT2D eigenvalue weighted by Gasteiger charge is -2.32. The van der Waals surface area contributed by atoms with Crippen molar-refractivity contribution in [1.82, 2.24) is 10.7 Å². The van der Waals surface area contributed by atoms with Gasteiger partial charge in [-0.05, 0) is 42.3 Å². The number of hydrazine groups is 1. The predicted molar refractivity (Wildman–Crippen MR) is 113 cm³/mol. The van der Waals surface area contributed by atoms with E-state index in [9.17, 15) is 19.6 Å². The van der Waals surface area contributed by atoms with Crippen LogP contribution in [0.2, 0.25) is 10.0 Å². The molecule has 4 amide bonds. The first-order valence-electron chi connectivity index (χ1n) is 9.15. The summed E-state index contributed by atoms with van der Waals surface area (Å²) in [5.41, 5.74) is 4.40. The molecule has 31 heavy (non-hydrogen) atoms. The summed E-state index contributed by atoms with van der Waals surface area (Å²) in [6.07, 6.45) is 1.01. The minimum Gasteiger partial charge on any atom is -0.454 e. The van der Waals surface area contributed by atoms with Crippen LogP contribution in [0.15, 0.2) is 30.3 Å². The molecule has 0 bridgehead atoms. The minimum atomic E-state index is -1.29. The topological polar surface area (TPSA) is 115 Å². The lowest BCUT2D eigenvalue weighted by Crippen LogP contribution is -2.64. The third-order valence-electron chi connectivity index (χ3n) is 4.96. The molecule has 1 fully saturated rings. The second-order valence-corrected chi connectivity index (χ2v) is 7.73. The summed E-state index contributed by atoms with van der Waals surface area (Å²) in [5.74, 6) is -0.0551. The molecule has 2 aliphatic heterocycles. The van der Waals surface area contributed by atoms with Crippen LogP contribution in [0.1, 0.15) is 12.0 Å². The minimum absolute atomic E-state index is 0.0528. The Morgan fingerprint density at radius 1 is 1.13 bits per heavy atom. The molecule has 0 radical (unpaired) electrons. The molecule has 0 saturated carbocycles. The van der Waals surface area contributed by atoms with Crippen LogP contribution < -0.4 is 25.4 Å². The fraction of sp³-hybridized carbons (Fsp3) is 0.200. The third kappa shape index (κ3) is 3.83.